The first-order valence-corrected chi connectivity index (χ1v) is 6.13. The SMILES string of the molecule is Cl.NCCCCNC(=O)c1cccc(-n2cnnn2)c1. The molecular formula is C12H17ClN6O. The summed E-state index contributed by atoms with van der Waals surface area (Å²) >= 11 is 0. The number of unbranched alkanes of at least 4 members (excludes halogenated alkanes) is 1. The van der Waals surface area contributed by atoms with Gasteiger partial charge < -0.3 is 11.1 Å². The summed E-state index contributed by atoms with van der Waals surface area (Å²) in [6.45, 7) is 1.27. The Bertz CT molecular complexity index is 531. The van der Waals surface area contributed by atoms with Crippen molar-refractivity contribution in [2.75, 3.05) is 13.1 Å². The number of halogens is 1. The van der Waals surface area contributed by atoms with Crippen LogP contribution in [-0.2, 0) is 0 Å². The fraction of sp³-hybridized carbons (Fsp3) is 0.333. The molecule has 1 heterocycles. The molecule has 0 saturated heterocycles. The summed E-state index contributed by atoms with van der Waals surface area (Å²) in [6, 6.07) is 7.13. The van der Waals surface area contributed by atoms with E-state index in [0.717, 1.165) is 18.5 Å². The predicted octanol–water partition coefficient (Wildman–Crippen LogP) is 0.553. The maximum absolute atomic E-state index is 11.9. The van der Waals surface area contributed by atoms with Crippen LogP contribution in [0.15, 0.2) is 30.6 Å². The van der Waals surface area contributed by atoms with Gasteiger partial charge in [-0.15, -0.1) is 17.5 Å². The van der Waals surface area contributed by atoms with Gasteiger partial charge in [-0.3, -0.25) is 4.79 Å². The van der Waals surface area contributed by atoms with Crippen LogP contribution >= 0.6 is 12.4 Å². The van der Waals surface area contributed by atoms with E-state index in [1.54, 1.807) is 18.2 Å². The molecule has 0 aliphatic heterocycles. The van der Waals surface area contributed by atoms with Crippen molar-refractivity contribution in [3.63, 3.8) is 0 Å². The maximum atomic E-state index is 11.9. The van der Waals surface area contributed by atoms with Gasteiger partial charge in [-0.05, 0) is 48.0 Å². The molecule has 0 aliphatic rings. The number of benzene rings is 1. The Morgan fingerprint density at radius 3 is 2.90 bits per heavy atom. The highest BCUT2D eigenvalue weighted by Gasteiger charge is 2.06. The van der Waals surface area contributed by atoms with Gasteiger partial charge in [0.25, 0.3) is 5.91 Å². The first-order valence-electron chi connectivity index (χ1n) is 6.13. The number of hydrogen-bond donors (Lipinski definition) is 2. The van der Waals surface area contributed by atoms with Gasteiger partial charge in [-0.25, -0.2) is 4.68 Å². The normalized spacial score (nSPS) is 9.85. The van der Waals surface area contributed by atoms with Crippen LogP contribution in [0.3, 0.4) is 0 Å². The van der Waals surface area contributed by atoms with Crippen molar-refractivity contribution in [3.05, 3.63) is 36.2 Å². The van der Waals surface area contributed by atoms with Gasteiger partial charge in [0.1, 0.15) is 6.33 Å². The summed E-state index contributed by atoms with van der Waals surface area (Å²) in [4.78, 5) is 11.9. The predicted molar refractivity (Wildman–Crippen MR) is 77.0 cm³/mol. The van der Waals surface area contributed by atoms with Crippen LogP contribution in [0.25, 0.3) is 5.69 Å². The zero-order valence-electron chi connectivity index (χ0n) is 10.9. The van der Waals surface area contributed by atoms with Gasteiger partial charge in [0.2, 0.25) is 0 Å². The summed E-state index contributed by atoms with van der Waals surface area (Å²) in [7, 11) is 0. The number of aromatic nitrogens is 4. The molecule has 0 radical (unpaired) electrons. The molecule has 108 valence electrons. The highest BCUT2D eigenvalue weighted by Crippen LogP contribution is 2.08. The average molecular weight is 297 g/mol. The zero-order chi connectivity index (χ0) is 13.5. The molecule has 0 unspecified atom stereocenters. The number of nitrogens with zero attached hydrogens (tertiary/aromatic N) is 4. The van der Waals surface area contributed by atoms with Crippen molar-refractivity contribution in [2.45, 2.75) is 12.8 Å². The topological polar surface area (TPSA) is 98.7 Å². The number of carbonyl (C=O) groups is 1. The Morgan fingerprint density at radius 1 is 1.35 bits per heavy atom. The molecule has 1 aromatic heterocycles. The second kappa shape index (κ2) is 8.23. The van der Waals surface area contributed by atoms with Gasteiger partial charge in [0.15, 0.2) is 0 Å². The molecule has 0 spiro atoms. The molecule has 0 aliphatic carbocycles. The van der Waals surface area contributed by atoms with Crippen molar-refractivity contribution in [3.8, 4) is 5.69 Å². The van der Waals surface area contributed by atoms with Crippen molar-refractivity contribution in [1.29, 1.82) is 0 Å². The number of carbonyl (C=O) groups excluding carboxylic acids is 1. The lowest BCUT2D eigenvalue weighted by atomic mass is 10.2. The van der Waals surface area contributed by atoms with Crippen molar-refractivity contribution in [1.82, 2.24) is 25.5 Å². The van der Waals surface area contributed by atoms with Crippen LogP contribution in [0.1, 0.15) is 23.2 Å². The van der Waals surface area contributed by atoms with E-state index >= 15 is 0 Å². The summed E-state index contributed by atoms with van der Waals surface area (Å²) in [5.74, 6) is -0.105. The number of rotatable bonds is 6. The number of nitrogens with one attached hydrogen (secondary N) is 1. The van der Waals surface area contributed by atoms with E-state index in [1.807, 2.05) is 6.07 Å². The number of hydrogen-bond acceptors (Lipinski definition) is 5. The minimum absolute atomic E-state index is 0. The van der Waals surface area contributed by atoms with Gasteiger partial charge in [0.05, 0.1) is 5.69 Å². The van der Waals surface area contributed by atoms with Crippen molar-refractivity contribution in [2.24, 2.45) is 5.73 Å². The van der Waals surface area contributed by atoms with Crippen LogP contribution in [0.2, 0.25) is 0 Å². The smallest absolute Gasteiger partial charge is 0.251 e. The first kappa shape index (κ1) is 16.1. The monoisotopic (exact) mass is 296 g/mol. The van der Waals surface area contributed by atoms with Crippen LogP contribution in [-0.4, -0.2) is 39.2 Å². The highest BCUT2D eigenvalue weighted by atomic mass is 35.5. The summed E-state index contributed by atoms with van der Waals surface area (Å²) in [6.07, 6.45) is 3.28. The molecular weight excluding hydrogens is 280 g/mol. The first-order chi connectivity index (χ1) is 9.31. The van der Waals surface area contributed by atoms with Crippen molar-refractivity contribution >= 4 is 18.3 Å². The van der Waals surface area contributed by atoms with E-state index < -0.39 is 0 Å². The number of nitrogens with two attached hydrogens (primary N) is 1. The number of tetrazole rings is 1. The molecule has 1 amide bonds. The molecule has 0 atom stereocenters. The van der Waals surface area contributed by atoms with E-state index in [4.69, 9.17) is 5.73 Å². The molecule has 1 aromatic carbocycles. The third-order valence-corrected chi connectivity index (χ3v) is 2.64. The Morgan fingerprint density at radius 2 is 2.20 bits per heavy atom. The minimum Gasteiger partial charge on any atom is -0.352 e. The quantitative estimate of drug-likeness (QED) is 0.759. The molecule has 3 N–H and O–H groups in total. The van der Waals surface area contributed by atoms with E-state index in [2.05, 4.69) is 20.8 Å². The summed E-state index contributed by atoms with van der Waals surface area (Å²) in [5.41, 5.74) is 6.73. The van der Waals surface area contributed by atoms with Gasteiger partial charge in [0, 0.05) is 12.1 Å². The van der Waals surface area contributed by atoms with Gasteiger partial charge >= 0.3 is 0 Å². The van der Waals surface area contributed by atoms with E-state index in [0.29, 0.717) is 18.7 Å². The second-order valence-electron chi connectivity index (χ2n) is 4.06. The lowest BCUT2D eigenvalue weighted by Gasteiger charge is -2.06. The number of amides is 1. The average Bonchev–Trinajstić information content (AvgIpc) is 2.98. The molecule has 7 nitrogen and oxygen atoms in total. The third kappa shape index (κ3) is 4.29. The lowest BCUT2D eigenvalue weighted by Crippen LogP contribution is -2.25. The van der Waals surface area contributed by atoms with Crippen LogP contribution in [0.4, 0.5) is 0 Å². The van der Waals surface area contributed by atoms with Crippen LogP contribution in [0.5, 0.6) is 0 Å². The fourth-order valence-electron chi connectivity index (χ4n) is 1.64. The van der Waals surface area contributed by atoms with Gasteiger partial charge in [-0.1, -0.05) is 6.07 Å². The molecule has 8 heteroatoms. The van der Waals surface area contributed by atoms with Crippen LogP contribution in [0, 0.1) is 0 Å². The molecule has 2 rings (SSSR count). The largest absolute Gasteiger partial charge is 0.352 e. The third-order valence-electron chi connectivity index (χ3n) is 2.64. The maximum Gasteiger partial charge on any atom is 0.251 e. The lowest BCUT2D eigenvalue weighted by molar-refractivity contribution is 0.0953. The highest BCUT2D eigenvalue weighted by molar-refractivity contribution is 5.94. The van der Waals surface area contributed by atoms with E-state index in [-0.39, 0.29) is 18.3 Å². The molecule has 0 fully saturated rings. The van der Waals surface area contributed by atoms with Crippen molar-refractivity contribution < 1.29 is 4.79 Å². The summed E-state index contributed by atoms with van der Waals surface area (Å²) < 4.78 is 1.51. The Kier molecular flexibility index (Phi) is 6.61. The van der Waals surface area contributed by atoms with Gasteiger partial charge in [-0.2, -0.15) is 0 Å². The Balaban J connectivity index is 0.00000200. The molecule has 0 saturated carbocycles. The van der Waals surface area contributed by atoms with Crippen LogP contribution < -0.4 is 11.1 Å². The van der Waals surface area contributed by atoms with E-state index in [1.165, 1.54) is 11.0 Å². The molecule has 0 bridgehead atoms. The minimum atomic E-state index is -0.105. The Labute approximate surface area is 123 Å². The standard InChI is InChI=1S/C12H16N6O.ClH/c13-6-1-2-7-14-12(19)10-4-3-5-11(8-10)18-9-15-16-17-18;/h3-5,8-9H,1-2,6-7,13H2,(H,14,19);1H. The molecule has 2 aromatic rings. The fourth-order valence-corrected chi connectivity index (χ4v) is 1.64. The zero-order valence-corrected chi connectivity index (χ0v) is 11.7. The summed E-state index contributed by atoms with van der Waals surface area (Å²) in [5, 5.41) is 13.8. The van der Waals surface area contributed by atoms with E-state index in [9.17, 15) is 4.79 Å². The Hall–Kier alpha value is -1.99. The molecule has 20 heavy (non-hydrogen) atoms. The second-order valence-corrected chi connectivity index (χ2v) is 4.06.